The van der Waals surface area contributed by atoms with Gasteiger partial charge >= 0.3 is 0 Å². The van der Waals surface area contributed by atoms with E-state index in [1.807, 2.05) is 12.1 Å². The molecule has 0 aliphatic carbocycles. The molecule has 1 fully saturated rings. The molecule has 0 spiro atoms. The quantitative estimate of drug-likeness (QED) is 0.515. The van der Waals surface area contributed by atoms with Crippen molar-refractivity contribution in [2.45, 2.75) is 31.4 Å². The van der Waals surface area contributed by atoms with Crippen LogP contribution in [0.25, 0.3) is 0 Å². The van der Waals surface area contributed by atoms with Gasteiger partial charge in [-0.05, 0) is 23.5 Å². The maximum Gasteiger partial charge on any atom is 0.239 e. The summed E-state index contributed by atoms with van der Waals surface area (Å²) >= 11 is 1.39. The van der Waals surface area contributed by atoms with Gasteiger partial charge in [-0.25, -0.2) is 0 Å². The van der Waals surface area contributed by atoms with Crippen molar-refractivity contribution >= 4 is 29.1 Å². The van der Waals surface area contributed by atoms with Crippen molar-refractivity contribution in [2.75, 3.05) is 0 Å². The number of hydrogen-bond donors (Lipinski definition) is 1. The average molecular weight is 301 g/mol. The van der Waals surface area contributed by atoms with E-state index in [1.54, 1.807) is 12.3 Å². The Labute approximate surface area is 129 Å². The number of hydrogen-bond acceptors (Lipinski definition) is 4. The molecule has 0 saturated carbocycles. The van der Waals surface area contributed by atoms with E-state index in [-0.39, 0.29) is 11.2 Å². The minimum absolute atomic E-state index is 0.0323. The summed E-state index contributed by atoms with van der Waals surface area (Å²) in [6.07, 6.45) is 4.06. The van der Waals surface area contributed by atoms with Crippen molar-refractivity contribution < 1.29 is 4.79 Å². The molecule has 0 unspecified atom stereocenters. The van der Waals surface area contributed by atoms with Gasteiger partial charge < -0.3 is 5.32 Å². The highest BCUT2D eigenvalue weighted by Gasteiger charge is 2.28. The molecule has 1 aromatic rings. The SMILES string of the molecule is C=CC[C@H]1S/C(=N/N=Cc2ccc(C(C)C)cc2)NC1=O. The summed E-state index contributed by atoms with van der Waals surface area (Å²) in [5.74, 6) is 0.485. The number of amidine groups is 1. The van der Waals surface area contributed by atoms with Crippen LogP contribution in [0.2, 0.25) is 0 Å². The molecule has 0 bridgehead atoms. The molecule has 4 nitrogen and oxygen atoms in total. The molecule has 5 heteroatoms. The monoisotopic (exact) mass is 301 g/mol. The topological polar surface area (TPSA) is 53.8 Å². The number of allylic oxidation sites excluding steroid dienone is 1. The molecule has 1 heterocycles. The molecule has 1 saturated heterocycles. The fraction of sp³-hybridized carbons (Fsp3) is 0.312. The number of carbonyl (C=O) groups excluding carboxylic acids is 1. The Morgan fingerprint density at radius 1 is 1.38 bits per heavy atom. The highest BCUT2D eigenvalue weighted by molar-refractivity contribution is 8.15. The van der Waals surface area contributed by atoms with E-state index in [0.717, 1.165) is 5.56 Å². The molecular weight excluding hydrogens is 282 g/mol. The van der Waals surface area contributed by atoms with Gasteiger partial charge in [0.2, 0.25) is 5.91 Å². The summed E-state index contributed by atoms with van der Waals surface area (Å²) in [7, 11) is 0. The van der Waals surface area contributed by atoms with Crippen LogP contribution >= 0.6 is 11.8 Å². The van der Waals surface area contributed by atoms with Gasteiger partial charge in [0.1, 0.15) is 0 Å². The second kappa shape index (κ2) is 7.22. The first-order chi connectivity index (χ1) is 10.1. The Morgan fingerprint density at radius 3 is 2.71 bits per heavy atom. The number of rotatable bonds is 5. The molecule has 2 rings (SSSR count). The van der Waals surface area contributed by atoms with Crippen LogP contribution in [-0.4, -0.2) is 22.5 Å². The summed E-state index contributed by atoms with van der Waals surface area (Å²) in [5.41, 5.74) is 2.28. The summed E-state index contributed by atoms with van der Waals surface area (Å²) in [4.78, 5) is 11.6. The first-order valence-corrected chi connectivity index (χ1v) is 7.77. The largest absolute Gasteiger partial charge is 0.303 e. The van der Waals surface area contributed by atoms with Crippen LogP contribution in [0.4, 0.5) is 0 Å². The number of nitrogens with zero attached hydrogens (tertiary/aromatic N) is 2. The summed E-state index contributed by atoms with van der Waals surface area (Å²) in [6, 6.07) is 8.20. The Bertz CT molecular complexity index is 576. The van der Waals surface area contributed by atoms with Crippen molar-refractivity contribution in [3.8, 4) is 0 Å². The highest BCUT2D eigenvalue weighted by atomic mass is 32.2. The Balaban J connectivity index is 1.97. The third-order valence-electron chi connectivity index (χ3n) is 3.12. The van der Waals surface area contributed by atoms with Crippen LogP contribution < -0.4 is 5.32 Å². The van der Waals surface area contributed by atoms with Crippen LogP contribution in [0.3, 0.4) is 0 Å². The van der Waals surface area contributed by atoms with Crippen LogP contribution in [-0.2, 0) is 4.79 Å². The Morgan fingerprint density at radius 2 is 2.10 bits per heavy atom. The molecule has 1 atom stereocenters. The molecule has 21 heavy (non-hydrogen) atoms. The average Bonchev–Trinajstić information content (AvgIpc) is 2.80. The van der Waals surface area contributed by atoms with E-state index in [4.69, 9.17) is 0 Å². The first-order valence-electron chi connectivity index (χ1n) is 6.89. The number of thioether (sulfide) groups is 1. The van der Waals surface area contributed by atoms with E-state index in [9.17, 15) is 4.79 Å². The summed E-state index contributed by atoms with van der Waals surface area (Å²) < 4.78 is 0. The van der Waals surface area contributed by atoms with Crippen molar-refractivity contribution in [1.29, 1.82) is 0 Å². The van der Waals surface area contributed by atoms with E-state index in [2.05, 4.69) is 48.1 Å². The summed E-state index contributed by atoms with van der Waals surface area (Å²) in [6.45, 7) is 7.96. The number of nitrogens with one attached hydrogen (secondary N) is 1. The van der Waals surface area contributed by atoms with Crippen LogP contribution in [0.5, 0.6) is 0 Å². The second-order valence-electron chi connectivity index (χ2n) is 5.09. The van der Waals surface area contributed by atoms with Gasteiger partial charge in [0.25, 0.3) is 0 Å². The van der Waals surface area contributed by atoms with Crippen molar-refractivity contribution in [3.05, 3.63) is 48.0 Å². The zero-order chi connectivity index (χ0) is 15.2. The van der Waals surface area contributed by atoms with Crippen molar-refractivity contribution in [3.63, 3.8) is 0 Å². The van der Waals surface area contributed by atoms with E-state index in [1.165, 1.54) is 17.3 Å². The molecular formula is C16H19N3OS. The van der Waals surface area contributed by atoms with E-state index >= 15 is 0 Å². The van der Waals surface area contributed by atoms with Gasteiger partial charge in [-0.15, -0.1) is 11.7 Å². The molecule has 1 aliphatic rings. The van der Waals surface area contributed by atoms with Gasteiger partial charge in [-0.1, -0.05) is 56.0 Å². The standard InChI is InChI=1S/C16H19N3OS/c1-4-5-14-15(20)18-16(21-14)19-17-10-12-6-8-13(9-7-12)11(2)3/h4,6-11,14H,1,5H2,2-3H3,(H,18,19,20)/t14-/m1/s1. The lowest BCUT2D eigenvalue weighted by Crippen LogP contribution is -2.24. The number of amides is 1. The smallest absolute Gasteiger partial charge is 0.239 e. The first kappa shape index (κ1) is 15.5. The Hall–Kier alpha value is -1.88. The van der Waals surface area contributed by atoms with Gasteiger partial charge in [0.15, 0.2) is 5.17 Å². The predicted octanol–water partition coefficient (Wildman–Crippen LogP) is 3.31. The second-order valence-corrected chi connectivity index (χ2v) is 6.28. The van der Waals surface area contributed by atoms with Gasteiger partial charge in [-0.2, -0.15) is 5.10 Å². The Kier molecular flexibility index (Phi) is 5.33. The van der Waals surface area contributed by atoms with Gasteiger partial charge in [0.05, 0.1) is 11.5 Å². The third kappa shape index (κ3) is 4.29. The maximum atomic E-state index is 11.6. The van der Waals surface area contributed by atoms with Gasteiger partial charge in [0, 0.05) is 0 Å². The molecule has 1 amide bonds. The minimum Gasteiger partial charge on any atom is -0.303 e. The lowest BCUT2D eigenvalue weighted by Gasteiger charge is -2.03. The normalized spacial score (nSPS) is 20.4. The van der Waals surface area contributed by atoms with E-state index in [0.29, 0.717) is 17.5 Å². The molecule has 1 aromatic carbocycles. The summed E-state index contributed by atoms with van der Waals surface area (Å²) in [5, 5.41) is 11.2. The number of carbonyl (C=O) groups is 1. The third-order valence-corrected chi connectivity index (χ3v) is 4.21. The van der Waals surface area contributed by atoms with E-state index < -0.39 is 0 Å². The molecule has 0 radical (unpaired) electrons. The van der Waals surface area contributed by atoms with Crippen LogP contribution in [0.15, 0.2) is 47.1 Å². The minimum atomic E-state index is -0.137. The molecule has 1 aliphatic heterocycles. The van der Waals surface area contributed by atoms with Crippen molar-refractivity contribution in [1.82, 2.24) is 5.32 Å². The number of benzene rings is 1. The lowest BCUT2D eigenvalue weighted by atomic mass is 10.0. The highest BCUT2D eigenvalue weighted by Crippen LogP contribution is 2.22. The molecule has 110 valence electrons. The zero-order valence-corrected chi connectivity index (χ0v) is 13.1. The van der Waals surface area contributed by atoms with Crippen molar-refractivity contribution in [2.24, 2.45) is 10.2 Å². The molecule has 0 aromatic heterocycles. The van der Waals surface area contributed by atoms with Crippen LogP contribution in [0.1, 0.15) is 37.3 Å². The zero-order valence-electron chi connectivity index (χ0n) is 12.2. The molecule has 1 N–H and O–H groups in total. The fourth-order valence-corrected chi connectivity index (χ4v) is 2.80. The van der Waals surface area contributed by atoms with Gasteiger partial charge in [-0.3, -0.25) is 4.79 Å². The predicted molar refractivity (Wildman–Crippen MR) is 89.9 cm³/mol. The maximum absolute atomic E-state index is 11.6. The lowest BCUT2D eigenvalue weighted by molar-refractivity contribution is -0.118. The fourth-order valence-electron chi connectivity index (χ4n) is 1.87. The van der Waals surface area contributed by atoms with Crippen LogP contribution in [0, 0.1) is 0 Å².